The van der Waals surface area contributed by atoms with Gasteiger partial charge in [-0.15, -0.1) is 10.2 Å². The van der Waals surface area contributed by atoms with E-state index in [2.05, 4.69) is 20.2 Å². The second-order valence-electron chi connectivity index (χ2n) is 9.89. The molecule has 0 aliphatic heterocycles. The summed E-state index contributed by atoms with van der Waals surface area (Å²) in [5.41, 5.74) is 3.41. The molecule has 0 saturated carbocycles. The summed E-state index contributed by atoms with van der Waals surface area (Å²) in [6.07, 6.45) is 0.480. The van der Waals surface area contributed by atoms with Crippen molar-refractivity contribution >= 4 is 32.3 Å². The zero-order valence-corrected chi connectivity index (χ0v) is 25.1. The molecule has 9 nitrogen and oxygen atoms in total. The number of phenols is 1. The van der Waals surface area contributed by atoms with Gasteiger partial charge in [-0.25, -0.2) is 13.1 Å². The van der Waals surface area contributed by atoms with E-state index in [4.69, 9.17) is 9.47 Å². The van der Waals surface area contributed by atoms with Crippen LogP contribution in [0, 0.1) is 6.92 Å². The SMILES string of the molecule is CCOc1ccc(CCNS(=O)(=O)c2cc(-c3nnc(Nc4cccc(O)c4)c4ccccc34)ccc2C)cc1OCC. The molecule has 0 radical (unpaired) electrons. The highest BCUT2D eigenvalue weighted by Crippen LogP contribution is 2.33. The lowest BCUT2D eigenvalue weighted by molar-refractivity contribution is 0.287. The summed E-state index contributed by atoms with van der Waals surface area (Å²) >= 11 is 0. The fourth-order valence-corrected chi connectivity index (χ4v) is 6.13. The number of nitrogens with one attached hydrogen (secondary N) is 2. The van der Waals surface area contributed by atoms with E-state index >= 15 is 0 Å². The number of benzene rings is 4. The molecule has 43 heavy (non-hydrogen) atoms. The summed E-state index contributed by atoms with van der Waals surface area (Å²) in [7, 11) is -3.83. The molecule has 0 unspecified atom stereocenters. The molecule has 0 spiro atoms. The van der Waals surface area contributed by atoms with Crippen LogP contribution in [0.3, 0.4) is 0 Å². The van der Waals surface area contributed by atoms with Crippen molar-refractivity contribution in [3.8, 4) is 28.5 Å². The number of aromatic hydroxyl groups is 1. The number of hydrogen-bond donors (Lipinski definition) is 3. The second-order valence-corrected chi connectivity index (χ2v) is 11.6. The van der Waals surface area contributed by atoms with Gasteiger partial charge in [0.1, 0.15) is 11.4 Å². The second kappa shape index (κ2) is 13.1. The number of anilines is 2. The Morgan fingerprint density at radius 2 is 1.58 bits per heavy atom. The predicted molar refractivity (Wildman–Crippen MR) is 169 cm³/mol. The van der Waals surface area contributed by atoms with Crippen LogP contribution in [0.2, 0.25) is 0 Å². The smallest absolute Gasteiger partial charge is 0.240 e. The Balaban J connectivity index is 1.39. The van der Waals surface area contributed by atoms with Crippen LogP contribution in [-0.2, 0) is 16.4 Å². The Kier molecular flexibility index (Phi) is 9.08. The molecule has 1 aromatic heterocycles. The molecule has 222 valence electrons. The third-order valence-electron chi connectivity index (χ3n) is 6.86. The van der Waals surface area contributed by atoms with Gasteiger partial charge in [-0.2, -0.15) is 0 Å². The summed E-state index contributed by atoms with van der Waals surface area (Å²) in [6, 6.07) is 25.3. The summed E-state index contributed by atoms with van der Waals surface area (Å²) in [4.78, 5) is 0.180. The van der Waals surface area contributed by atoms with Crippen molar-refractivity contribution in [1.82, 2.24) is 14.9 Å². The van der Waals surface area contributed by atoms with Crippen molar-refractivity contribution in [3.63, 3.8) is 0 Å². The minimum Gasteiger partial charge on any atom is -0.508 e. The Labute approximate surface area is 251 Å². The van der Waals surface area contributed by atoms with Crippen LogP contribution in [0.4, 0.5) is 11.5 Å². The molecule has 0 bridgehead atoms. The number of aromatic nitrogens is 2. The molecule has 10 heteroatoms. The van der Waals surface area contributed by atoms with Crippen molar-refractivity contribution < 1.29 is 23.0 Å². The van der Waals surface area contributed by atoms with E-state index < -0.39 is 10.0 Å². The topological polar surface area (TPSA) is 123 Å². The quantitative estimate of drug-likeness (QED) is 0.151. The van der Waals surface area contributed by atoms with Gasteiger partial charge in [0.05, 0.1) is 18.1 Å². The van der Waals surface area contributed by atoms with Gasteiger partial charge in [0.15, 0.2) is 17.3 Å². The first-order chi connectivity index (χ1) is 20.8. The maximum Gasteiger partial charge on any atom is 0.240 e. The molecule has 0 fully saturated rings. The van der Waals surface area contributed by atoms with E-state index in [1.807, 2.05) is 68.4 Å². The fraction of sp³-hybridized carbons (Fsp3) is 0.212. The maximum atomic E-state index is 13.5. The number of ether oxygens (including phenoxy) is 2. The van der Waals surface area contributed by atoms with Crippen LogP contribution < -0.4 is 19.5 Å². The van der Waals surface area contributed by atoms with Crippen molar-refractivity contribution in [1.29, 1.82) is 0 Å². The number of fused-ring (bicyclic) bond motifs is 1. The van der Waals surface area contributed by atoms with Crippen LogP contribution in [-0.4, -0.2) is 43.5 Å². The Morgan fingerprint density at radius 3 is 2.35 bits per heavy atom. The number of sulfonamides is 1. The monoisotopic (exact) mass is 598 g/mol. The van der Waals surface area contributed by atoms with Gasteiger partial charge in [-0.05, 0) is 68.7 Å². The van der Waals surface area contributed by atoms with Crippen molar-refractivity contribution in [3.05, 3.63) is 96.1 Å². The van der Waals surface area contributed by atoms with Gasteiger partial charge < -0.3 is 19.9 Å². The van der Waals surface area contributed by atoms with Gasteiger partial charge >= 0.3 is 0 Å². The maximum absolute atomic E-state index is 13.5. The van der Waals surface area contributed by atoms with Crippen LogP contribution in [0.1, 0.15) is 25.0 Å². The van der Waals surface area contributed by atoms with Crippen LogP contribution >= 0.6 is 0 Å². The highest BCUT2D eigenvalue weighted by atomic mass is 32.2. The van der Waals surface area contributed by atoms with Crippen molar-refractivity contribution in [2.75, 3.05) is 25.1 Å². The molecule has 4 aromatic carbocycles. The van der Waals surface area contributed by atoms with Gasteiger partial charge in [-0.1, -0.05) is 48.5 Å². The van der Waals surface area contributed by atoms with E-state index in [1.165, 1.54) is 0 Å². The first-order valence-electron chi connectivity index (χ1n) is 14.1. The molecule has 5 rings (SSSR count). The molecule has 3 N–H and O–H groups in total. The van der Waals surface area contributed by atoms with Crippen LogP contribution in [0.5, 0.6) is 17.2 Å². The Morgan fingerprint density at radius 1 is 0.814 bits per heavy atom. The van der Waals surface area contributed by atoms with E-state index in [0.29, 0.717) is 59.5 Å². The lowest BCUT2D eigenvalue weighted by Gasteiger charge is -2.14. The third kappa shape index (κ3) is 6.87. The highest BCUT2D eigenvalue weighted by molar-refractivity contribution is 7.89. The third-order valence-corrected chi connectivity index (χ3v) is 8.46. The minimum absolute atomic E-state index is 0.135. The molecule has 0 atom stereocenters. The molecule has 5 aromatic rings. The van der Waals surface area contributed by atoms with E-state index in [-0.39, 0.29) is 17.2 Å². The van der Waals surface area contributed by atoms with Crippen LogP contribution in [0.15, 0.2) is 89.8 Å². The normalized spacial score (nSPS) is 11.4. The van der Waals surface area contributed by atoms with Crippen molar-refractivity contribution in [2.45, 2.75) is 32.1 Å². The Hall–Kier alpha value is -4.67. The number of rotatable bonds is 12. The number of hydrogen-bond acceptors (Lipinski definition) is 8. The number of aryl methyl sites for hydroxylation is 1. The zero-order valence-electron chi connectivity index (χ0n) is 24.3. The standard InChI is InChI=1S/C33H34N4O5S/c1-4-41-29-16-14-23(19-30(29)42-5-2)17-18-34-43(39,40)31-20-24(15-13-22(31)3)32-27-11-6-7-12-28(27)33(37-36-32)35-25-9-8-10-26(38)21-25/h6-16,19-21,34,38H,4-5,17-18H2,1-3H3,(H,35,37). The molecule has 1 heterocycles. The van der Waals surface area contributed by atoms with E-state index in [9.17, 15) is 13.5 Å². The average Bonchev–Trinajstić information content (AvgIpc) is 2.99. The minimum atomic E-state index is -3.83. The number of nitrogens with zero attached hydrogens (tertiary/aromatic N) is 2. The number of phenolic OH excluding ortho intramolecular Hbond substituents is 1. The van der Waals surface area contributed by atoms with Gasteiger partial charge in [0.25, 0.3) is 0 Å². The average molecular weight is 599 g/mol. The molecule has 0 aliphatic rings. The molecule has 0 amide bonds. The summed E-state index contributed by atoms with van der Waals surface area (Å²) < 4.78 is 41.0. The van der Waals surface area contributed by atoms with Gasteiger partial charge in [0.2, 0.25) is 10.0 Å². The molecular formula is C33H34N4O5S. The predicted octanol–water partition coefficient (Wildman–Crippen LogP) is 6.37. The lowest BCUT2D eigenvalue weighted by atomic mass is 10.0. The Bertz CT molecular complexity index is 1860. The summed E-state index contributed by atoms with van der Waals surface area (Å²) in [6.45, 7) is 6.83. The molecule has 0 aliphatic carbocycles. The largest absolute Gasteiger partial charge is 0.508 e. The van der Waals surface area contributed by atoms with Crippen LogP contribution in [0.25, 0.3) is 22.0 Å². The van der Waals surface area contributed by atoms with E-state index in [0.717, 1.165) is 16.3 Å². The van der Waals surface area contributed by atoms with Gasteiger partial charge in [0, 0.05) is 34.6 Å². The van der Waals surface area contributed by atoms with E-state index in [1.54, 1.807) is 37.3 Å². The van der Waals surface area contributed by atoms with Crippen molar-refractivity contribution in [2.24, 2.45) is 0 Å². The van der Waals surface area contributed by atoms with Gasteiger partial charge in [-0.3, -0.25) is 0 Å². The first kappa shape index (κ1) is 29.8. The molecular weight excluding hydrogens is 564 g/mol. The summed E-state index contributed by atoms with van der Waals surface area (Å²) in [5.74, 6) is 1.97. The summed E-state index contributed by atoms with van der Waals surface area (Å²) in [5, 5.41) is 23.6. The first-order valence-corrected chi connectivity index (χ1v) is 15.6. The highest BCUT2D eigenvalue weighted by Gasteiger charge is 2.20. The lowest BCUT2D eigenvalue weighted by Crippen LogP contribution is -2.26. The fourth-order valence-electron chi connectivity index (χ4n) is 4.83. The molecule has 0 saturated heterocycles. The zero-order chi connectivity index (χ0) is 30.4.